The minimum atomic E-state index is -0.302. The first-order valence-electron chi connectivity index (χ1n) is 8.95. The number of amides is 1. The monoisotopic (exact) mass is 418 g/mol. The number of carbonyl (C=O) groups is 1. The molecule has 0 aliphatic rings. The molecule has 1 atom stereocenters. The Labute approximate surface area is 179 Å². The van der Waals surface area contributed by atoms with Crippen molar-refractivity contribution >= 4 is 17.5 Å². The van der Waals surface area contributed by atoms with E-state index < -0.39 is 0 Å². The van der Waals surface area contributed by atoms with Crippen LogP contribution in [0.15, 0.2) is 85.7 Å². The Morgan fingerprint density at radius 1 is 1.17 bits per heavy atom. The maximum absolute atomic E-state index is 11.8. The molecular formula is C23H31ClN2O3. The molecule has 1 rings (SSSR count). The number of halogens is 1. The molecule has 1 unspecified atom stereocenters. The maximum Gasteiger partial charge on any atom is 0.260 e. The van der Waals surface area contributed by atoms with Gasteiger partial charge in [-0.05, 0) is 31.2 Å². The van der Waals surface area contributed by atoms with E-state index in [2.05, 4.69) is 36.6 Å². The van der Waals surface area contributed by atoms with Crippen molar-refractivity contribution in [2.75, 3.05) is 14.2 Å². The summed E-state index contributed by atoms with van der Waals surface area (Å²) >= 11 is 5.87. The van der Waals surface area contributed by atoms with Crippen LogP contribution >= 0.6 is 11.6 Å². The van der Waals surface area contributed by atoms with Crippen LogP contribution in [0.4, 0.5) is 0 Å². The summed E-state index contributed by atoms with van der Waals surface area (Å²) in [5.41, 5.74) is 4.43. The number of benzene rings is 1. The van der Waals surface area contributed by atoms with E-state index in [1.807, 2.05) is 43.1 Å². The Kier molecular flexibility index (Phi) is 14.0. The first kappa shape index (κ1) is 26.4. The summed E-state index contributed by atoms with van der Waals surface area (Å²) in [4.78, 5) is 18.3. The lowest BCUT2D eigenvalue weighted by Crippen LogP contribution is -2.42. The first-order valence-corrected chi connectivity index (χ1v) is 9.33. The number of hydrogen-bond donors (Lipinski definition) is 1. The second-order valence-corrected chi connectivity index (χ2v) is 6.47. The average Bonchev–Trinajstić information content (AvgIpc) is 2.71. The van der Waals surface area contributed by atoms with Gasteiger partial charge in [-0.2, -0.15) is 0 Å². The topological polar surface area (TPSA) is 50.8 Å². The van der Waals surface area contributed by atoms with Crippen LogP contribution in [-0.4, -0.2) is 31.0 Å². The van der Waals surface area contributed by atoms with Gasteiger partial charge in [0.25, 0.3) is 5.91 Å². The van der Waals surface area contributed by atoms with Crippen LogP contribution in [0.5, 0.6) is 0 Å². The van der Waals surface area contributed by atoms with Crippen molar-refractivity contribution in [3.8, 4) is 0 Å². The average molecular weight is 419 g/mol. The van der Waals surface area contributed by atoms with Gasteiger partial charge in [-0.3, -0.25) is 14.5 Å². The molecule has 0 saturated carbocycles. The second-order valence-electron chi connectivity index (χ2n) is 6.01. The van der Waals surface area contributed by atoms with Crippen LogP contribution in [0.1, 0.15) is 18.1 Å². The van der Waals surface area contributed by atoms with E-state index in [0.717, 1.165) is 11.1 Å². The molecule has 1 aromatic carbocycles. The van der Waals surface area contributed by atoms with Crippen molar-refractivity contribution in [3.05, 3.63) is 96.8 Å². The van der Waals surface area contributed by atoms with E-state index in [1.165, 1.54) is 7.11 Å². The molecule has 1 N–H and O–H groups in total. The zero-order chi connectivity index (χ0) is 22.2. The SMILES string of the molecule is C=C/C=C(/OCc1ccc(CN(C)C(C)C(=O)NOC)cc1)C(=C)Cl.C=CC=C. The molecule has 0 saturated heterocycles. The number of hydrogen-bond acceptors (Lipinski definition) is 4. The molecule has 1 amide bonds. The fourth-order valence-electron chi connectivity index (χ4n) is 2.04. The number of carbonyl (C=O) groups excluding carboxylic acids is 1. The van der Waals surface area contributed by atoms with Gasteiger partial charge >= 0.3 is 0 Å². The predicted octanol–water partition coefficient (Wildman–Crippen LogP) is 4.88. The highest BCUT2D eigenvalue weighted by Gasteiger charge is 2.17. The molecular weight excluding hydrogens is 388 g/mol. The Hall–Kier alpha value is -2.60. The molecule has 29 heavy (non-hydrogen) atoms. The Balaban J connectivity index is 0.00000178. The molecule has 0 aromatic heterocycles. The summed E-state index contributed by atoms with van der Waals surface area (Å²) in [6, 6.07) is 7.66. The van der Waals surface area contributed by atoms with Crippen molar-refractivity contribution in [2.24, 2.45) is 0 Å². The van der Waals surface area contributed by atoms with Gasteiger partial charge in [0.1, 0.15) is 12.4 Å². The van der Waals surface area contributed by atoms with Gasteiger partial charge in [-0.15, -0.1) is 0 Å². The lowest BCUT2D eigenvalue weighted by molar-refractivity contribution is -0.136. The largest absolute Gasteiger partial charge is 0.487 e. The summed E-state index contributed by atoms with van der Waals surface area (Å²) in [7, 11) is 3.30. The zero-order valence-electron chi connectivity index (χ0n) is 17.5. The van der Waals surface area contributed by atoms with Gasteiger partial charge in [0.15, 0.2) is 0 Å². The Morgan fingerprint density at radius 3 is 2.17 bits per heavy atom. The van der Waals surface area contributed by atoms with Crippen LogP contribution in [-0.2, 0) is 27.5 Å². The van der Waals surface area contributed by atoms with Gasteiger partial charge in [0, 0.05) is 6.54 Å². The minimum Gasteiger partial charge on any atom is -0.487 e. The molecule has 0 bridgehead atoms. The van der Waals surface area contributed by atoms with Crippen molar-refractivity contribution < 1.29 is 14.4 Å². The van der Waals surface area contributed by atoms with Crippen LogP contribution < -0.4 is 5.48 Å². The summed E-state index contributed by atoms with van der Waals surface area (Å²) in [5, 5.41) is 0.335. The van der Waals surface area contributed by atoms with Crippen LogP contribution in [0.2, 0.25) is 0 Å². The van der Waals surface area contributed by atoms with Crippen LogP contribution in [0.3, 0.4) is 0 Å². The molecule has 5 nitrogen and oxygen atoms in total. The standard InChI is InChI=1S/C19H25ClN2O3.C4H6/c1-6-7-18(14(2)20)25-13-17-10-8-16(9-11-17)12-22(4)15(3)19(23)21-24-5;1-3-4-2/h6-11,15H,1-2,12-13H2,3-5H3,(H,21,23);3-4H,1-2H2/b18-7+;. The van der Waals surface area contributed by atoms with E-state index in [-0.39, 0.29) is 11.9 Å². The number of hydroxylamine groups is 1. The quantitative estimate of drug-likeness (QED) is 0.316. The van der Waals surface area contributed by atoms with E-state index >= 15 is 0 Å². The third-order valence-corrected chi connectivity index (χ3v) is 3.98. The van der Waals surface area contributed by atoms with E-state index in [9.17, 15) is 4.79 Å². The lowest BCUT2D eigenvalue weighted by atomic mass is 10.1. The summed E-state index contributed by atoms with van der Waals surface area (Å²) in [6.45, 7) is 16.8. The highest BCUT2D eigenvalue weighted by Crippen LogP contribution is 2.17. The van der Waals surface area contributed by atoms with Gasteiger partial charge in [0.05, 0.1) is 18.2 Å². The number of rotatable bonds is 11. The smallest absolute Gasteiger partial charge is 0.260 e. The Morgan fingerprint density at radius 2 is 1.72 bits per heavy atom. The number of ether oxygens (including phenoxy) is 1. The highest BCUT2D eigenvalue weighted by molar-refractivity contribution is 6.31. The van der Waals surface area contributed by atoms with Crippen LogP contribution in [0.25, 0.3) is 0 Å². The van der Waals surface area contributed by atoms with Crippen molar-refractivity contribution in [1.82, 2.24) is 10.4 Å². The molecule has 1 aromatic rings. The van der Waals surface area contributed by atoms with Gasteiger partial charge in [-0.1, -0.05) is 80.4 Å². The predicted molar refractivity (Wildman–Crippen MR) is 121 cm³/mol. The van der Waals surface area contributed by atoms with Gasteiger partial charge < -0.3 is 4.74 Å². The fraction of sp³-hybridized carbons (Fsp3) is 0.261. The molecule has 158 valence electrons. The third kappa shape index (κ3) is 11.1. The molecule has 0 aliphatic carbocycles. The zero-order valence-corrected chi connectivity index (χ0v) is 18.2. The van der Waals surface area contributed by atoms with Crippen LogP contribution in [0, 0.1) is 0 Å². The highest BCUT2D eigenvalue weighted by atomic mass is 35.5. The number of likely N-dealkylation sites (N-methyl/N-ethyl adjacent to an activating group) is 1. The molecule has 0 spiro atoms. The third-order valence-electron chi connectivity index (χ3n) is 3.80. The number of nitrogens with one attached hydrogen (secondary N) is 1. The number of nitrogens with zero attached hydrogens (tertiary/aromatic N) is 1. The van der Waals surface area contributed by atoms with Crippen molar-refractivity contribution in [1.29, 1.82) is 0 Å². The minimum absolute atomic E-state index is 0.183. The molecule has 0 aliphatic heterocycles. The fourth-order valence-corrected chi connectivity index (χ4v) is 2.15. The lowest BCUT2D eigenvalue weighted by Gasteiger charge is -2.23. The summed E-state index contributed by atoms with van der Waals surface area (Å²) in [5.74, 6) is 0.316. The molecule has 6 heteroatoms. The van der Waals surface area contributed by atoms with E-state index in [4.69, 9.17) is 16.3 Å². The van der Waals surface area contributed by atoms with Crippen molar-refractivity contribution in [2.45, 2.75) is 26.1 Å². The molecule has 0 fully saturated rings. The first-order chi connectivity index (χ1) is 13.8. The summed E-state index contributed by atoms with van der Waals surface area (Å²) in [6.07, 6.45) is 6.55. The molecule has 0 heterocycles. The van der Waals surface area contributed by atoms with E-state index in [1.54, 1.807) is 24.3 Å². The van der Waals surface area contributed by atoms with Gasteiger partial charge in [-0.25, -0.2) is 5.48 Å². The van der Waals surface area contributed by atoms with Gasteiger partial charge in [0.2, 0.25) is 0 Å². The second kappa shape index (κ2) is 15.3. The summed E-state index contributed by atoms with van der Waals surface area (Å²) < 4.78 is 5.63. The number of allylic oxidation sites excluding steroid dienone is 5. The molecule has 0 radical (unpaired) electrons. The normalized spacial score (nSPS) is 11.6. The van der Waals surface area contributed by atoms with Crippen molar-refractivity contribution in [3.63, 3.8) is 0 Å². The maximum atomic E-state index is 11.8. The Bertz CT molecular complexity index is 705. The van der Waals surface area contributed by atoms with E-state index in [0.29, 0.717) is 23.9 Å².